The van der Waals surface area contributed by atoms with Crippen molar-refractivity contribution in [3.8, 4) is 11.9 Å². The first-order valence-corrected chi connectivity index (χ1v) is 14.1. The van der Waals surface area contributed by atoms with Crippen molar-refractivity contribution in [3.05, 3.63) is 77.4 Å². The highest BCUT2D eigenvalue weighted by Gasteiger charge is 2.28. The molecule has 0 spiro atoms. The van der Waals surface area contributed by atoms with Crippen LogP contribution in [0, 0.1) is 11.3 Å². The van der Waals surface area contributed by atoms with Crippen molar-refractivity contribution in [3.63, 3.8) is 0 Å². The van der Waals surface area contributed by atoms with Gasteiger partial charge < -0.3 is 23.7 Å². The maximum Gasteiger partial charge on any atom is 0.337 e. The number of carbonyl (C=O) groups is 1. The van der Waals surface area contributed by atoms with Gasteiger partial charge in [0.25, 0.3) is 0 Å². The molecule has 6 rings (SSSR count). The van der Waals surface area contributed by atoms with Crippen molar-refractivity contribution in [1.82, 2.24) is 24.4 Å². The van der Waals surface area contributed by atoms with Crippen molar-refractivity contribution in [1.29, 1.82) is 5.26 Å². The lowest BCUT2D eigenvalue weighted by molar-refractivity contribution is -0.0592. The number of fused-ring (bicyclic) bond motifs is 1. The van der Waals surface area contributed by atoms with Gasteiger partial charge >= 0.3 is 5.97 Å². The second kappa shape index (κ2) is 12.1. The minimum absolute atomic E-state index is 0.158. The van der Waals surface area contributed by atoms with Crippen LogP contribution in [0.5, 0.6) is 5.88 Å². The topological polar surface area (TPSA) is 119 Å². The fourth-order valence-electron chi connectivity index (χ4n) is 5.38. The molecule has 0 aliphatic carbocycles. The number of methoxy groups -OCH3 is 1. The van der Waals surface area contributed by atoms with Gasteiger partial charge in [0.2, 0.25) is 5.88 Å². The fourth-order valence-corrected chi connectivity index (χ4v) is 5.38. The first kappa shape index (κ1) is 27.6. The van der Waals surface area contributed by atoms with Crippen molar-refractivity contribution < 1.29 is 19.0 Å². The Kier molecular flexibility index (Phi) is 7.99. The van der Waals surface area contributed by atoms with E-state index in [9.17, 15) is 4.79 Å². The van der Waals surface area contributed by atoms with Crippen molar-refractivity contribution in [2.45, 2.75) is 45.2 Å². The summed E-state index contributed by atoms with van der Waals surface area (Å²) in [6.07, 6.45) is 2.72. The molecular formula is C31H33N7O4. The number of hydrogen-bond acceptors (Lipinski definition) is 10. The highest BCUT2D eigenvalue weighted by atomic mass is 16.5. The lowest BCUT2D eigenvalue weighted by atomic mass is 10.1. The first-order valence-electron chi connectivity index (χ1n) is 14.1. The van der Waals surface area contributed by atoms with Crippen LogP contribution in [0.25, 0.3) is 11.0 Å². The summed E-state index contributed by atoms with van der Waals surface area (Å²) in [7, 11) is 1.40. The van der Waals surface area contributed by atoms with Crippen LogP contribution in [-0.4, -0.2) is 75.9 Å². The molecule has 0 saturated carbocycles. The summed E-state index contributed by atoms with van der Waals surface area (Å²) < 4.78 is 18.8. The molecule has 4 aromatic rings. The van der Waals surface area contributed by atoms with E-state index < -0.39 is 0 Å². The van der Waals surface area contributed by atoms with Gasteiger partial charge in [0, 0.05) is 44.5 Å². The summed E-state index contributed by atoms with van der Waals surface area (Å²) in [6.45, 7) is 7.16. The fraction of sp³-hybridized carbons (Fsp3) is 0.387. The van der Waals surface area contributed by atoms with E-state index >= 15 is 0 Å². The molecule has 2 fully saturated rings. The number of ether oxygens (including phenoxy) is 3. The van der Waals surface area contributed by atoms with Crippen LogP contribution in [0.3, 0.4) is 0 Å². The van der Waals surface area contributed by atoms with Gasteiger partial charge in [-0.2, -0.15) is 10.2 Å². The van der Waals surface area contributed by atoms with Gasteiger partial charge in [0.05, 0.1) is 54.2 Å². The van der Waals surface area contributed by atoms with Crippen molar-refractivity contribution >= 4 is 22.8 Å². The molecule has 2 atom stereocenters. The third kappa shape index (κ3) is 5.91. The van der Waals surface area contributed by atoms with E-state index in [1.807, 2.05) is 30.3 Å². The number of anilines is 1. The molecule has 0 N–H and O–H groups in total. The van der Waals surface area contributed by atoms with E-state index in [-0.39, 0.29) is 24.7 Å². The number of aromatic nitrogens is 4. The molecule has 5 heterocycles. The van der Waals surface area contributed by atoms with Crippen LogP contribution in [0.2, 0.25) is 0 Å². The molecule has 11 heteroatoms. The number of esters is 1. The minimum atomic E-state index is -0.357. The lowest BCUT2D eigenvalue weighted by Gasteiger charge is -2.40. The number of piperazine rings is 1. The maximum atomic E-state index is 12.2. The van der Waals surface area contributed by atoms with Gasteiger partial charge in [-0.15, -0.1) is 0 Å². The Labute approximate surface area is 244 Å². The Morgan fingerprint density at radius 3 is 2.76 bits per heavy atom. The normalized spacial score (nSPS) is 18.8. The van der Waals surface area contributed by atoms with Crippen LogP contribution in [-0.2, 0) is 29.2 Å². The van der Waals surface area contributed by atoms with Gasteiger partial charge in [-0.05, 0) is 49.7 Å². The average molecular weight is 568 g/mol. The summed E-state index contributed by atoms with van der Waals surface area (Å²) in [6, 6.07) is 17.2. The number of carbonyl (C=O) groups excluding carboxylic acids is 1. The van der Waals surface area contributed by atoms with Crippen LogP contribution in [0.15, 0.2) is 54.7 Å². The molecule has 0 unspecified atom stereocenters. The van der Waals surface area contributed by atoms with Crippen LogP contribution in [0.1, 0.15) is 40.8 Å². The average Bonchev–Trinajstić information content (AvgIpc) is 3.34. The number of rotatable bonds is 9. The zero-order valence-electron chi connectivity index (χ0n) is 23.8. The number of benzene rings is 1. The van der Waals surface area contributed by atoms with Gasteiger partial charge in [-0.1, -0.05) is 6.07 Å². The second-order valence-electron chi connectivity index (χ2n) is 10.7. The molecule has 3 aromatic heterocycles. The van der Waals surface area contributed by atoms with Crippen molar-refractivity contribution in [2.24, 2.45) is 0 Å². The predicted octanol–water partition coefficient (Wildman–Crippen LogP) is 3.56. The molecule has 1 aromatic carbocycles. The summed E-state index contributed by atoms with van der Waals surface area (Å²) in [5, 5.41) is 8.96. The van der Waals surface area contributed by atoms with Gasteiger partial charge in [-0.3, -0.25) is 9.88 Å². The van der Waals surface area contributed by atoms with Crippen molar-refractivity contribution in [2.75, 3.05) is 38.3 Å². The molecule has 42 heavy (non-hydrogen) atoms. The summed E-state index contributed by atoms with van der Waals surface area (Å²) in [5.74, 6) is 2.01. The standard InChI is InChI=1S/C31H33N7O4/c1-21-17-37(28-4-3-5-30(35-28)42-20-24-8-6-22(15-32)16-33-24)12-11-36(21)19-29-34-26-9-7-23(31(39)40-2)14-27(26)38(29)18-25-10-13-41-25/h3-9,14,16,21,25H,10-13,17-20H2,1-2H3/t21-,25-/m0/s1. The quantitative estimate of drug-likeness (QED) is 0.278. The Bertz CT molecular complexity index is 1610. The first-order chi connectivity index (χ1) is 20.5. The van der Waals surface area contributed by atoms with E-state index in [0.29, 0.717) is 30.1 Å². The SMILES string of the molecule is COC(=O)c1ccc2nc(CN3CCN(c4cccc(OCc5ccc(C#N)cn5)n4)C[C@@H]3C)n(C[C@@H]3CCO3)c2c1. The number of pyridine rings is 2. The molecule has 2 aliphatic rings. The molecule has 11 nitrogen and oxygen atoms in total. The Morgan fingerprint density at radius 2 is 2.05 bits per heavy atom. The number of nitrogens with zero attached hydrogens (tertiary/aromatic N) is 7. The maximum absolute atomic E-state index is 12.2. The van der Waals surface area contributed by atoms with E-state index in [1.165, 1.54) is 7.11 Å². The van der Waals surface area contributed by atoms with Crippen LogP contribution < -0.4 is 9.64 Å². The van der Waals surface area contributed by atoms with E-state index in [2.05, 4.69) is 32.3 Å². The summed E-state index contributed by atoms with van der Waals surface area (Å²) >= 11 is 0. The monoisotopic (exact) mass is 567 g/mol. The van der Waals surface area contributed by atoms with Crippen LogP contribution in [0.4, 0.5) is 5.82 Å². The Hall–Kier alpha value is -4.53. The van der Waals surface area contributed by atoms with Gasteiger partial charge in [0.1, 0.15) is 24.3 Å². The highest BCUT2D eigenvalue weighted by molar-refractivity contribution is 5.93. The molecule has 2 saturated heterocycles. The molecule has 216 valence electrons. The molecule has 0 amide bonds. The minimum Gasteiger partial charge on any atom is -0.471 e. The Balaban J connectivity index is 1.13. The van der Waals surface area contributed by atoms with E-state index in [0.717, 1.165) is 61.0 Å². The summed E-state index contributed by atoms with van der Waals surface area (Å²) in [4.78, 5) is 30.9. The van der Waals surface area contributed by atoms with E-state index in [1.54, 1.807) is 24.4 Å². The Morgan fingerprint density at radius 1 is 1.17 bits per heavy atom. The zero-order valence-corrected chi connectivity index (χ0v) is 23.8. The molecular weight excluding hydrogens is 534 g/mol. The summed E-state index contributed by atoms with van der Waals surface area (Å²) in [5.41, 5.74) is 3.55. The molecule has 0 radical (unpaired) electrons. The zero-order chi connectivity index (χ0) is 29.1. The molecule has 0 bridgehead atoms. The predicted molar refractivity (Wildman–Crippen MR) is 155 cm³/mol. The number of imidazole rings is 1. The van der Waals surface area contributed by atoms with E-state index in [4.69, 9.17) is 29.4 Å². The smallest absolute Gasteiger partial charge is 0.337 e. The highest BCUT2D eigenvalue weighted by Crippen LogP contribution is 2.26. The largest absolute Gasteiger partial charge is 0.471 e. The molecule has 2 aliphatic heterocycles. The third-order valence-corrected chi connectivity index (χ3v) is 7.89. The second-order valence-corrected chi connectivity index (χ2v) is 10.7. The third-order valence-electron chi connectivity index (χ3n) is 7.89. The van der Waals surface area contributed by atoms with Gasteiger partial charge in [0.15, 0.2) is 0 Å². The lowest BCUT2D eigenvalue weighted by Crippen LogP contribution is -2.52. The number of nitriles is 1. The van der Waals surface area contributed by atoms with Gasteiger partial charge in [-0.25, -0.2) is 9.78 Å². The number of hydrogen-bond donors (Lipinski definition) is 0. The van der Waals surface area contributed by atoms with Crippen LogP contribution >= 0.6 is 0 Å².